The van der Waals surface area contributed by atoms with E-state index in [4.69, 9.17) is 0 Å². The summed E-state index contributed by atoms with van der Waals surface area (Å²) in [4.78, 5) is 12.7. The number of nitrogens with one attached hydrogen (secondary N) is 1. The number of fused-ring (bicyclic) bond motifs is 1. The molecule has 1 aliphatic heterocycles. The second kappa shape index (κ2) is 7.55. The minimum atomic E-state index is -3.61. The van der Waals surface area contributed by atoms with Crippen LogP contribution >= 0.6 is 11.8 Å². The van der Waals surface area contributed by atoms with Crippen molar-refractivity contribution >= 4 is 39.3 Å². The van der Waals surface area contributed by atoms with Crippen molar-refractivity contribution in [2.75, 3.05) is 34.5 Å². The first-order valence-electron chi connectivity index (χ1n) is 7.90. The molecule has 0 unspecified atom stereocenters. The van der Waals surface area contributed by atoms with Gasteiger partial charge in [-0.1, -0.05) is 12.1 Å². The number of rotatable bonds is 6. The van der Waals surface area contributed by atoms with Crippen LogP contribution in [0.5, 0.6) is 0 Å². The maximum atomic E-state index is 12.9. The monoisotopic (exact) mass is 395 g/mol. The van der Waals surface area contributed by atoms with Gasteiger partial charge in [0.25, 0.3) is 0 Å². The average Bonchev–Trinajstić information content (AvgIpc) is 2.82. The van der Waals surface area contributed by atoms with Crippen LogP contribution < -0.4 is 13.9 Å². The molecule has 1 amide bonds. The Kier molecular flexibility index (Phi) is 5.38. The molecule has 0 aliphatic carbocycles. The van der Waals surface area contributed by atoms with E-state index in [-0.39, 0.29) is 30.6 Å². The van der Waals surface area contributed by atoms with Gasteiger partial charge in [-0.2, -0.15) is 8.42 Å². The smallest absolute Gasteiger partial charge is 0.326 e. The van der Waals surface area contributed by atoms with Gasteiger partial charge >= 0.3 is 10.2 Å². The minimum absolute atomic E-state index is 0.149. The van der Waals surface area contributed by atoms with E-state index >= 15 is 0 Å². The first kappa shape index (κ1) is 18.5. The van der Waals surface area contributed by atoms with Crippen LogP contribution in [0.4, 0.5) is 15.8 Å². The molecule has 138 valence electrons. The van der Waals surface area contributed by atoms with E-state index < -0.39 is 10.2 Å². The molecule has 0 fully saturated rings. The van der Waals surface area contributed by atoms with Crippen LogP contribution in [0.25, 0.3) is 0 Å². The summed E-state index contributed by atoms with van der Waals surface area (Å²) in [5, 5.41) is 2.72. The van der Waals surface area contributed by atoms with Gasteiger partial charge in [-0.3, -0.25) is 9.10 Å². The van der Waals surface area contributed by atoms with Crippen LogP contribution in [0.1, 0.15) is 0 Å². The van der Waals surface area contributed by atoms with Crippen molar-refractivity contribution < 1.29 is 17.6 Å². The highest BCUT2D eigenvalue weighted by Crippen LogP contribution is 2.38. The van der Waals surface area contributed by atoms with E-state index in [1.807, 2.05) is 0 Å². The molecule has 0 bridgehead atoms. The Morgan fingerprint density at radius 3 is 2.46 bits per heavy atom. The second-order valence-corrected chi connectivity index (χ2v) is 8.56. The lowest BCUT2D eigenvalue weighted by molar-refractivity contribution is -0.118. The highest BCUT2D eigenvalue weighted by atomic mass is 32.2. The molecule has 6 nitrogen and oxygen atoms in total. The summed E-state index contributed by atoms with van der Waals surface area (Å²) in [6, 6.07) is 12.9. The van der Waals surface area contributed by atoms with Crippen LogP contribution in [0.3, 0.4) is 0 Å². The number of benzene rings is 2. The summed E-state index contributed by atoms with van der Waals surface area (Å²) in [5.74, 6) is -0.358. The molecule has 26 heavy (non-hydrogen) atoms. The van der Waals surface area contributed by atoms with Crippen LogP contribution in [0.15, 0.2) is 53.4 Å². The van der Waals surface area contributed by atoms with E-state index in [9.17, 15) is 17.6 Å². The van der Waals surface area contributed by atoms with Crippen LogP contribution in [0.2, 0.25) is 0 Å². The third-order valence-corrected chi connectivity index (χ3v) is 6.77. The van der Waals surface area contributed by atoms with Gasteiger partial charge in [-0.15, -0.1) is 11.8 Å². The standard InChI is InChI=1S/C17H18FN3O3S2/c1-20-15-4-2-3-5-16(15)21(26(20,23)24)11-10-19-17(22)12-25-14-8-6-13(18)7-9-14/h2-9H,10-12H2,1H3,(H,19,22). The summed E-state index contributed by atoms with van der Waals surface area (Å²) in [6.07, 6.45) is 0. The Labute approximate surface area is 156 Å². The van der Waals surface area contributed by atoms with E-state index in [1.165, 1.54) is 39.6 Å². The average molecular weight is 395 g/mol. The molecular formula is C17H18FN3O3S2. The van der Waals surface area contributed by atoms with Gasteiger partial charge in [-0.05, 0) is 36.4 Å². The van der Waals surface area contributed by atoms with Gasteiger partial charge in [0, 0.05) is 18.5 Å². The third-order valence-electron chi connectivity index (χ3n) is 3.93. The second-order valence-electron chi connectivity index (χ2n) is 5.63. The predicted molar refractivity (Wildman–Crippen MR) is 101 cm³/mol. The van der Waals surface area contributed by atoms with Crippen molar-refractivity contribution in [2.24, 2.45) is 0 Å². The largest absolute Gasteiger partial charge is 0.354 e. The van der Waals surface area contributed by atoms with E-state index in [1.54, 1.807) is 36.4 Å². The zero-order chi connectivity index (χ0) is 18.7. The Bertz CT molecular complexity index is 904. The fourth-order valence-electron chi connectivity index (χ4n) is 2.60. The van der Waals surface area contributed by atoms with E-state index in [0.29, 0.717) is 11.4 Å². The Balaban J connectivity index is 1.53. The molecule has 2 aromatic carbocycles. The normalized spacial score (nSPS) is 15.0. The van der Waals surface area contributed by atoms with Gasteiger partial charge in [0.15, 0.2) is 0 Å². The first-order valence-corrected chi connectivity index (χ1v) is 10.3. The van der Waals surface area contributed by atoms with Crippen molar-refractivity contribution in [3.63, 3.8) is 0 Å². The predicted octanol–water partition coefficient (Wildman–Crippen LogP) is 2.24. The maximum Gasteiger partial charge on any atom is 0.326 e. The summed E-state index contributed by atoms with van der Waals surface area (Å²) < 4.78 is 40.3. The highest BCUT2D eigenvalue weighted by Gasteiger charge is 2.37. The number of hydrogen-bond acceptors (Lipinski definition) is 4. The van der Waals surface area contributed by atoms with Crippen LogP contribution in [-0.2, 0) is 15.0 Å². The molecule has 3 rings (SSSR count). The van der Waals surface area contributed by atoms with E-state index in [0.717, 1.165) is 4.90 Å². The summed E-state index contributed by atoms with van der Waals surface area (Å²) >= 11 is 1.29. The molecule has 0 saturated carbocycles. The number of para-hydroxylation sites is 2. The van der Waals surface area contributed by atoms with Gasteiger partial charge < -0.3 is 5.32 Å². The SMILES string of the molecule is CN1c2ccccc2N(CCNC(=O)CSc2ccc(F)cc2)S1(=O)=O. The summed E-state index contributed by atoms with van der Waals surface area (Å²) in [5.41, 5.74) is 1.22. The van der Waals surface area contributed by atoms with Gasteiger partial charge in [0.1, 0.15) is 5.82 Å². The molecule has 0 spiro atoms. The molecule has 1 heterocycles. The molecular weight excluding hydrogens is 377 g/mol. The Morgan fingerprint density at radius 1 is 1.12 bits per heavy atom. The number of anilines is 2. The number of thioether (sulfide) groups is 1. The first-order chi connectivity index (χ1) is 12.4. The van der Waals surface area contributed by atoms with Crippen molar-refractivity contribution in [3.8, 4) is 0 Å². The molecule has 0 radical (unpaired) electrons. The topological polar surface area (TPSA) is 69.7 Å². The number of amides is 1. The Hall–Kier alpha value is -2.26. The molecule has 9 heteroatoms. The number of carbonyl (C=O) groups excluding carboxylic acids is 1. The lowest BCUT2D eigenvalue weighted by Crippen LogP contribution is -2.41. The van der Waals surface area contributed by atoms with Crippen molar-refractivity contribution in [1.29, 1.82) is 0 Å². The fourth-order valence-corrected chi connectivity index (χ4v) is 4.75. The summed E-state index contributed by atoms with van der Waals surface area (Å²) in [7, 11) is -2.10. The minimum Gasteiger partial charge on any atom is -0.354 e. The highest BCUT2D eigenvalue weighted by molar-refractivity contribution is 8.00. The number of halogens is 1. The van der Waals surface area contributed by atoms with Gasteiger partial charge in [-0.25, -0.2) is 8.70 Å². The quantitative estimate of drug-likeness (QED) is 0.762. The van der Waals surface area contributed by atoms with Crippen LogP contribution in [0, 0.1) is 5.82 Å². The zero-order valence-corrected chi connectivity index (χ0v) is 15.7. The third kappa shape index (κ3) is 3.78. The molecule has 0 aromatic heterocycles. The Morgan fingerprint density at radius 2 is 1.77 bits per heavy atom. The molecule has 1 N–H and O–H groups in total. The van der Waals surface area contributed by atoms with Gasteiger partial charge in [0.05, 0.1) is 23.7 Å². The molecule has 1 aliphatic rings. The maximum absolute atomic E-state index is 12.9. The summed E-state index contributed by atoms with van der Waals surface area (Å²) in [6.45, 7) is 0.348. The number of nitrogens with zero attached hydrogens (tertiary/aromatic N) is 2. The fraction of sp³-hybridized carbons (Fsp3) is 0.235. The molecule has 2 aromatic rings. The van der Waals surface area contributed by atoms with Gasteiger partial charge in [0.2, 0.25) is 5.91 Å². The lowest BCUT2D eigenvalue weighted by Gasteiger charge is -2.19. The molecule has 0 atom stereocenters. The van der Waals surface area contributed by atoms with Crippen molar-refractivity contribution in [2.45, 2.75) is 4.90 Å². The number of hydrogen-bond donors (Lipinski definition) is 1. The number of carbonyl (C=O) groups is 1. The van der Waals surface area contributed by atoms with Crippen molar-refractivity contribution in [3.05, 3.63) is 54.3 Å². The lowest BCUT2D eigenvalue weighted by atomic mass is 10.2. The van der Waals surface area contributed by atoms with Crippen LogP contribution in [-0.4, -0.2) is 40.2 Å². The van der Waals surface area contributed by atoms with Crippen molar-refractivity contribution in [1.82, 2.24) is 5.32 Å². The van der Waals surface area contributed by atoms with E-state index in [2.05, 4.69) is 5.32 Å². The molecule has 0 saturated heterocycles. The zero-order valence-electron chi connectivity index (χ0n) is 14.1.